The molecule has 7 heteroatoms. The van der Waals surface area contributed by atoms with Crippen LogP contribution >= 0.6 is 0 Å². The Morgan fingerprint density at radius 2 is 1.94 bits per heavy atom. The number of likely N-dealkylation sites (tertiary alicyclic amines) is 1. The molecule has 0 spiro atoms. The maximum absolute atomic E-state index is 13.2. The van der Waals surface area contributed by atoms with Crippen LogP contribution in [0.2, 0.25) is 0 Å². The Morgan fingerprint density at radius 3 is 2.60 bits per heavy atom. The van der Waals surface area contributed by atoms with Crippen LogP contribution in [-0.2, 0) is 19.1 Å². The Balaban J connectivity index is 1.59. The molecule has 3 amide bonds. The first-order valence-electron chi connectivity index (χ1n) is 12.6. The minimum atomic E-state index is -0.906. The summed E-state index contributed by atoms with van der Waals surface area (Å²) in [5, 5.41) is 10.2. The molecule has 2 heterocycles. The summed E-state index contributed by atoms with van der Waals surface area (Å²) >= 11 is 0. The van der Waals surface area contributed by atoms with Gasteiger partial charge in [-0.15, -0.1) is 0 Å². The minimum absolute atomic E-state index is 0.127. The Bertz CT molecular complexity index is 1070. The average Bonchev–Trinajstić information content (AvgIpc) is 3.36. The van der Waals surface area contributed by atoms with Gasteiger partial charge in [-0.3, -0.25) is 9.59 Å². The normalized spacial score (nSPS) is 26.4. The van der Waals surface area contributed by atoms with Crippen LogP contribution in [0, 0.1) is 23.7 Å². The Morgan fingerprint density at radius 1 is 1.20 bits per heavy atom. The molecule has 2 aliphatic heterocycles. The quantitative estimate of drug-likeness (QED) is 0.430. The number of allylic oxidation sites excluding steroid dienone is 2. The second-order valence-electron chi connectivity index (χ2n) is 10.0. The third-order valence-corrected chi connectivity index (χ3v) is 7.59. The Kier molecular flexibility index (Phi) is 7.45. The van der Waals surface area contributed by atoms with E-state index < -0.39 is 29.7 Å². The third kappa shape index (κ3) is 4.66. The van der Waals surface area contributed by atoms with Gasteiger partial charge in [-0.25, -0.2) is 4.79 Å². The number of carbonyl (C=O) groups excluding carboxylic acids is 3. The zero-order valence-electron chi connectivity index (χ0n) is 21.0. The maximum Gasteiger partial charge on any atom is 0.423 e. The second-order valence-corrected chi connectivity index (χ2v) is 10.0. The largest absolute Gasteiger partial charge is 0.507 e. The number of aromatic hydroxyl groups is 1. The number of fused-ring (bicyclic) bond motifs is 3. The highest BCUT2D eigenvalue weighted by Crippen LogP contribution is 2.51. The van der Waals surface area contributed by atoms with Crippen LogP contribution in [0.5, 0.6) is 5.75 Å². The number of rotatable bonds is 7. The SMILES string of the molecule is CCC/C(=C\c1ccccc1O)CC[C@H]1OC[C@H]2C1=C(C(C)C)C[C@H]1C(=O)N(C(=O)OC)C(=O)[C@H]12. The van der Waals surface area contributed by atoms with Crippen molar-refractivity contribution in [3.63, 3.8) is 0 Å². The number of amides is 3. The van der Waals surface area contributed by atoms with Crippen molar-refractivity contribution in [3.8, 4) is 5.75 Å². The lowest BCUT2D eigenvalue weighted by Gasteiger charge is -2.33. The van der Waals surface area contributed by atoms with Gasteiger partial charge in [0.25, 0.3) is 0 Å². The molecule has 2 fully saturated rings. The van der Waals surface area contributed by atoms with Crippen LogP contribution in [0.25, 0.3) is 6.08 Å². The summed E-state index contributed by atoms with van der Waals surface area (Å²) in [6.45, 7) is 6.72. The Labute approximate surface area is 206 Å². The summed E-state index contributed by atoms with van der Waals surface area (Å²) < 4.78 is 11.0. The molecule has 0 radical (unpaired) electrons. The molecule has 1 aromatic rings. The molecule has 1 aromatic carbocycles. The highest BCUT2D eigenvalue weighted by Gasteiger charge is 2.59. The molecule has 0 bridgehead atoms. The number of para-hydroxylation sites is 1. The smallest absolute Gasteiger partial charge is 0.423 e. The zero-order chi connectivity index (χ0) is 25.3. The van der Waals surface area contributed by atoms with E-state index in [4.69, 9.17) is 9.47 Å². The minimum Gasteiger partial charge on any atom is -0.507 e. The standard InChI is InChI=1S/C28H35NO6/c1-5-8-17(13-18-9-6-7-10-22(18)30)11-12-23-24-19(16(2)3)14-20-25(21(24)15-35-23)27(32)29(26(20)31)28(33)34-4/h6-7,9-10,13,16,20-21,23,25,30H,5,8,11-12,14-15H2,1-4H3/b17-13+/t20-,21+,23-,25-/m1/s1. The molecule has 4 atom stereocenters. The van der Waals surface area contributed by atoms with Gasteiger partial charge >= 0.3 is 6.09 Å². The summed E-state index contributed by atoms with van der Waals surface area (Å²) in [5.74, 6) is -1.75. The van der Waals surface area contributed by atoms with E-state index in [1.807, 2.05) is 18.2 Å². The van der Waals surface area contributed by atoms with E-state index in [0.29, 0.717) is 17.9 Å². The maximum atomic E-state index is 13.2. The number of imide groups is 3. The van der Waals surface area contributed by atoms with E-state index in [1.54, 1.807) is 6.07 Å². The lowest BCUT2D eigenvalue weighted by atomic mass is 9.67. The fourth-order valence-electron chi connectivity index (χ4n) is 5.97. The summed E-state index contributed by atoms with van der Waals surface area (Å²) in [7, 11) is 1.18. The molecule has 3 aliphatic rings. The molecule has 1 aliphatic carbocycles. The number of benzene rings is 1. The van der Waals surface area contributed by atoms with E-state index in [9.17, 15) is 19.5 Å². The molecule has 7 nitrogen and oxygen atoms in total. The Hall–Kier alpha value is -2.93. The molecule has 0 unspecified atom stereocenters. The summed E-state index contributed by atoms with van der Waals surface area (Å²) in [4.78, 5) is 39.0. The van der Waals surface area contributed by atoms with Crippen LogP contribution in [0.4, 0.5) is 4.79 Å². The topological polar surface area (TPSA) is 93.1 Å². The van der Waals surface area contributed by atoms with Crippen molar-refractivity contribution in [2.24, 2.45) is 23.7 Å². The third-order valence-electron chi connectivity index (χ3n) is 7.59. The van der Waals surface area contributed by atoms with E-state index in [-0.39, 0.29) is 23.7 Å². The van der Waals surface area contributed by atoms with Crippen molar-refractivity contribution in [2.45, 2.75) is 59.0 Å². The van der Waals surface area contributed by atoms with Gasteiger partial charge in [0, 0.05) is 11.5 Å². The summed E-state index contributed by atoms with van der Waals surface area (Å²) in [5.41, 5.74) is 4.37. The van der Waals surface area contributed by atoms with Gasteiger partial charge in [-0.1, -0.05) is 62.6 Å². The monoisotopic (exact) mass is 481 g/mol. The van der Waals surface area contributed by atoms with Crippen LogP contribution < -0.4 is 0 Å². The molecule has 0 aromatic heterocycles. The van der Waals surface area contributed by atoms with Gasteiger partial charge in [0.15, 0.2) is 0 Å². The van der Waals surface area contributed by atoms with Gasteiger partial charge in [0.2, 0.25) is 11.8 Å². The first-order chi connectivity index (χ1) is 16.8. The number of methoxy groups -OCH3 is 1. The van der Waals surface area contributed by atoms with Crippen molar-refractivity contribution >= 4 is 24.0 Å². The lowest BCUT2D eigenvalue weighted by Crippen LogP contribution is -2.38. The van der Waals surface area contributed by atoms with Crippen LogP contribution in [0.1, 0.15) is 58.4 Å². The van der Waals surface area contributed by atoms with Gasteiger partial charge in [0.05, 0.1) is 31.7 Å². The van der Waals surface area contributed by atoms with Gasteiger partial charge in [0.1, 0.15) is 5.75 Å². The number of hydrogen-bond donors (Lipinski definition) is 1. The molecular formula is C28H35NO6. The predicted octanol–water partition coefficient (Wildman–Crippen LogP) is 5.09. The van der Waals surface area contributed by atoms with Gasteiger partial charge in [-0.2, -0.15) is 4.90 Å². The summed E-state index contributed by atoms with van der Waals surface area (Å²) in [6.07, 6.45) is 5.00. The molecular weight excluding hydrogens is 446 g/mol. The molecule has 1 N–H and O–H groups in total. The van der Waals surface area contributed by atoms with E-state index >= 15 is 0 Å². The lowest BCUT2D eigenvalue weighted by molar-refractivity contribution is -0.137. The number of phenolic OH excluding ortho intramolecular Hbond substituents is 1. The van der Waals surface area contributed by atoms with Crippen molar-refractivity contribution in [2.75, 3.05) is 13.7 Å². The van der Waals surface area contributed by atoms with Crippen molar-refractivity contribution in [1.29, 1.82) is 0 Å². The molecule has 188 valence electrons. The molecule has 35 heavy (non-hydrogen) atoms. The summed E-state index contributed by atoms with van der Waals surface area (Å²) in [6, 6.07) is 7.32. The highest BCUT2D eigenvalue weighted by molar-refractivity contribution is 6.16. The van der Waals surface area contributed by atoms with Crippen LogP contribution in [0.3, 0.4) is 0 Å². The van der Waals surface area contributed by atoms with Crippen LogP contribution in [-0.4, -0.2) is 47.7 Å². The number of carbonyl (C=O) groups is 3. The number of ether oxygens (including phenoxy) is 2. The van der Waals surface area contributed by atoms with E-state index in [1.165, 1.54) is 18.3 Å². The first-order valence-corrected chi connectivity index (χ1v) is 12.6. The fraction of sp³-hybridized carbons (Fsp3) is 0.536. The number of phenols is 1. The fourth-order valence-corrected chi connectivity index (χ4v) is 5.97. The second kappa shape index (κ2) is 10.4. The molecule has 2 saturated heterocycles. The number of nitrogens with zero attached hydrogens (tertiary/aromatic N) is 1. The van der Waals surface area contributed by atoms with Crippen molar-refractivity contribution < 1.29 is 29.0 Å². The molecule has 4 rings (SSSR count). The first kappa shape index (κ1) is 25.2. The van der Waals surface area contributed by atoms with Crippen molar-refractivity contribution in [1.82, 2.24) is 4.90 Å². The van der Waals surface area contributed by atoms with Crippen LogP contribution in [0.15, 0.2) is 41.0 Å². The average molecular weight is 482 g/mol. The molecule has 0 saturated carbocycles. The number of hydrogen-bond acceptors (Lipinski definition) is 6. The van der Waals surface area contributed by atoms with E-state index in [2.05, 4.69) is 26.8 Å². The van der Waals surface area contributed by atoms with Crippen molar-refractivity contribution in [3.05, 3.63) is 46.5 Å². The van der Waals surface area contributed by atoms with Gasteiger partial charge in [-0.05, 0) is 43.2 Å². The van der Waals surface area contributed by atoms with Gasteiger partial charge < -0.3 is 14.6 Å². The zero-order valence-corrected chi connectivity index (χ0v) is 21.0. The van der Waals surface area contributed by atoms with E-state index in [0.717, 1.165) is 36.8 Å². The predicted molar refractivity (Wildman–Crippen MR) is 131 cm³/mol. The highest BCUT2D eigenvalue weighted by atomic mass is 16.5.